The maximum atomic E-state index is 12.5. The van der Waals surface area contributed by atoms with E-state index in [9.17, 15) is 13.2 Å². The van der Waals surface area contributed by atoms with Crippen molar-refractivity contribution in [2.45, 2.75) is 43.1 Å². The van der Waals surface area contributed by atoms with Crippen LogP contribution < -0.4 is 0 Å². The van der Waals surface area contributed by atoms with E-state index in [0.717, 1.165) is 12.8 Å². The van der Waals surface area contributed by atoms with Crippen molar-refractivity contribution < 1.29 is 17.9 Å². The summed E-state index contributed by atoms with van der Waals surface area (Å²) in [5, 5.41) is 0. The van der Waals surface area contributed by atoms with Gasteiger partial charge in [-0.1, -0.05) is 30.4 Å². The molecule has 124 valence electrons. The first kappa shape index (κ1) is 17.5. The molecule has 0 radical (unpaired) electrons. The highest BCUT2D eigenvalue weighted by Gasteiger charge is 2.26. The third-order valence-electron chi connectivity index (χ3n) is 3.78. The monoisotopic (exact) mass is 334 g/mol. The zero-order chi connectivity index (χ0) is 16.7. The predicted molar refractivity (Wildman–Crippen MR) is 89.7 cm³/mol. The largest absolute Gasteiger partial charge is 0.458 e. The summed E-state index contributed by atoms with van der Waals surface area (Å²) in [5.41, 5.74) is 0.687. The Labute approximate surface area is 137 Å². The Hall–Kier alpha value is -1.88. The van der Waals surface area contributed by atoms with Crippen molar-refractivity contribution in [1.82, 2.24) is 0 Å². The van der Waals surface area contributed by atoms with Crippen molar-refractivity contribution in [3.8, 4) is 0 Å². The average molecular weight is 334 g/mol. The molecule has 2 rings (SSSR count). The van der Waals surface area contributed by atoms with Gasteiger partial charge in [-0.2, -0.15) is 0 Å². The SMILES string of the molecule is C=CCCC(=O)OC1CCCC=C1CS(=O)(=O)c1ccccc1. The summed E-state index contributed by atoms with van der Waals surface area (Å²) in [4.78, 5) is 12.1. The van der Waals surface area contributed by atoms with Crippen LogP contribution in [0.3, 0.4) is 0 Å². The summed E-state index contributed by atoms with van der Waals surface area (Å²) in [5.74, 6) is -0.407. The number of ether oxygens (including phenoxy) is 1. The minimum Gasteiger partial charge on any atom is -0.458 e. The summed E-state index contributed by atoms with van der Waals surface area (Å²) in [6.07, 6.45) is 6.37. The third kappa shape index (κ3) is 5.06. The Balaban J connectivity index is 2.08. The lowest BCUT2D eigenvalue weighted by Crippen LogP contribution is -2.26. The van der Waals surface area contributed by atoms with Gasteiger partial charge < -0.3 is 4.74 Å². The molecule has 5 heteroatoms. The molecule has 0 aliphatic heterocycles. The lowest BCUT2D eigenvalue weighted by molar-refractivity contribution is -0.147. The van der Waals surface area contributed by atoms with Crippen LogP contribution in [0.2, 0.25) is 0 Å². The van der Waals surface area contributed by atoms with Crippen LogP contribution in [-0.4, -0.2) is 26.2 Å². The average Bonchev–Trinajstić information content (AvgIpc) is 2.55. The van der Waals surface area contributed by atoms with Gasteiger partial charge in [0.05, 0.1) is 10.6 Å². The molecule has 0 saturated heterocycles. The number of hydrogen-bond donors (Lipinski definition) is 0. The van der Waals surface area contributed by atoms with Crippen molar-refractivity contribution in [3.05, 3.63) is 54.6 Å². The lowest BCUT2D eigenvalue weighted by atomic mass is 9.97. The number of carbonyl (C=O) groups is 1. The van der Waals surface area contributed by atoms with Crippen LogP contribution in [0, 0.1) is 0 Å². The molecule has 1 aliphatic carbocycles. The number of sulfone groups is 1. The Morgan fingerprint density at radius 2 is 2.04 bits per heavy atom. The van der Waals surface area contributed by atoms with Gasteiger partial charge >= 0.3 is 5.97 Å². The van der Waals surface area contributed by atoms with Gasteiger partial charge in [-0.05, 0) is 43.4 Å². The molecule has 0 heterocycles. The van der Waals surface area contributed by atoms with E-state index in [4.69, 9.17) is 4.74 Å². The molecule has 0 bridgehead atoms. The summed E-state index contributed by atoms with van der Waals surface area (Å²) in [6, 6.07) is 8.36. The molecule has 23 heavy (non-hydrogen) atoms. The number of hydrogen-bond acceptors (Lipinski definition) is 4. The van der Waals surface area contributed by atoms with E-state index >= 15 is 0 Å². The fourth-order valence-corrected chi connectivity index (χ4v) is 4.04. The van der Waals surface area contributed by atoms with Gasteiger partial charge in [0.1, 0.15) is 6.10 Å². The van der Waals surface area contributed by atoms with Crippen LogP contribution in [0.5, 0.6) is 0 Å². The molecule has 0 aromatic heterocycles. The molecule has 1 aromatic rings. The number of rotatable bonds is 7. The van der Waals surface area contributed by atoms with Crippen LogP contribution in [0.1, 0.15) is 32.1 Å². The first-order chi connectivity index (χ1) is 11.0. The quantitative estimate of drug-likeness (QED) is 0.566. The minimum atomic E-state index is -3.42. The molecule has 1 aromatic carbocycles. The van der Waals surface area contributed by atoms with E-state index < -0.39 is 15.9 Å². The summed E-state index contributed by atoms with van der Waals surface area (Å²) < 4.78 is 30.5. The van der Waals surface area contributed by atoms with Crippen LogP contribution >= 0.6 is 0 Å². The molecule has 1 unspecified atom stereocenters. The molecule has 0 spiro atoms. The second kappa shape index (κ2) is 8.11. The van der Waals surface area contributed by atoms with E-state index in [1.165, 1.54) is 0 Å². The highest BCUT2D eigenvalue weighted by Crippen LogP contribution is 2.25. The maximum Gasteiger partial charge on any atom is 0.306 e. The van der Waals surface area contributed by atoms with Gasteiger partial charge in [0.2, 0.25) is 0 Å². The molecule has 0 N–H and O–H groups in total. The highest BCUT2D eigenvalue weighted by molar-refractivity contribution is 7.91. The third-order valence-corrected chi connectivity index (χ3v) is 5.48. The van der Waals surface area contributed by atoms with Gasteiger partial charge in [0.15, 0.2) is 9.84 Å². The number of benzene rings is 1. The van der Waals surface area contributed by atoms with Gasteiger partial charge in [-0.25, -0.2) is 8.42 Å². The standard InChI is InChI=1S/C18H22O4S/c1-2-3-13-18(19)22-17-12-8-7-9-15(17)14-23(20,21)16-10-5-4-6-11-16/h2,4-6,9-11,17H,1,3,7-8,12-14H2. The first-order valence-electron chi connectivity index (χ1n) is 7.80. The van der Waals surface area contributed by atoms with Crippen molar-refractivity contribution in [1.29, 1.82) is 0 Å². The molecule has 1 atom stereocenters. The van der Waals surface area contributed by atoms with Gasteiger partial charge in [-0.15, -0.1) is 6.58 Å². The lowest BCUT2D eigenvalue weighted by Gasteiger charge is -2.24. The summed E-state index contributed by atoms with van der Waals surface area (Å²) >= 11 is 0. The normalized spacial score (nSPS) is 18.1. The Bertz CT molecular complexity index is 674. The van der Waals surface area contributed by atoms with Crippen molar-refractivity contribution >= 4 is 15.8 Å². The number of esters is 1. The van der Waals surface area contributed by atoms with Crippen LogP contribution in [0.15, 0.2) is 59.5 Å². The number of allylic oxidation sites excluding steroid dienone is 2. The highest BCUT2D eigenvalue weighted by atomic mass is 32.2. The van der Waals surface area contributed by atoms with Gasteiger partial charge in [0, 0.05) is 6.42 Å². The first-order valence-corrected chi connectivity index (χ1v) is 9.45. The minimum absolute atomic E-state index is 0.101. The maximum absolute atomic E-state index is 12.5. The topological polar surface area (TPSA) is 60.4 Å². The molecule has 4 nitrogen and oxygen atoms in total. The molecule has 1 aliphatic rings. The molecule has 0 saturated carbocycles. The molecular formula is C18H22O4S. The van der Waals surface area contributed by atoms with Crippen LogP contribution in [0.4, 0.5) is 0 Å². The zero-order valence-corrected chi connectivity index (χ0v) is 13.9. The van der Waals surface area contributed by atoms with Gasteiger partial charge in [-0.3, -0.25) is 4.79 Å². The van der Waals surface area contributed by atoms with E-state index in [-0.39, 0.29) is 18.1 Å². The van der Waals surface area contributed by atoms with Gasteiger partial charge in [0.25, 0.3) is 0 Å². The Kier molecular flexibility index (Phi) is 6.16. The Morgan fingerprint density at radius 1 is 1.30 bits per heavy atom. The van der Waals surface area contributed by atoms with Crippen molar-refractivity contribution in [2.75, 3.05) is 5.75 Å². The smallest absolute Gasteiger partial charge is 0.306 e. The van der Waals surface area contributed by atoms with Crippen LogP contribution in [0.25, 0.3) is 0 Å². The van der Waals surface area contributed by atoms with E-state index in [2.05, 4.69) is 6.58 Å². The van der Waals surface area contributed by atoms with E-state index in [1.54, 1.807) is 36.4 Å². The second-order valence-corrected chi connectivity index (χ2v) is 7.58. The van der Waals surface area contributed by atoms with Crippen LogP contribution in [-0.2, 0) is 19.4 Å². The van der Waals surface area contributed by atoms with Crippen molar-refractivity contribution in [2.24, 2.45) is 0 Å². The van der Waals surface area contributed by atoms with E-state index in [1.807, 2.05) is 6.08 Å². The zero-order valence-electron chi connectivity index (χ0n) is 13.1. The predicted octanol–water partition coefficient (Wildman–Crippen LogP) is 3.45. The fraction of sp³-hybridized carbons (Fsp3) is 0.389. The second-order valence-electron chi connectivity index (χ2n) is 5.59. The molecule has 0 fully saturated rings. The van der Waals surface area contributed by atoms with E-state index in [0.29, 0.717) is 23.3 Å². The summed E-state index contributed by atoms with van der Waals surface area (Å²) in [6.45, 7) is 3.58. The number of carbonyl (C=O) groups excluding carboxylic acids is 1. The van der Waals surface area contributed by atoms with Crippen molar-refractivity contribution in [3.63, 3.8) is 0 Å². The fourth-order valence-electron chi connectivity index (χ4n) is 2.56. The molecule has 0 amide bonds. The summed E-state index contributed by atoms with van der Waals surface area (Å²) in [7, 11) is -3.42. The Morgan fingerprint density at radius 3 is 2.74 bits per heavy atom. The molecular weight excluding hydrogens is 312 g/mol.